The molecule has 17 rings (SSSR count). The van der Waals surface area contributed by atoms with Crippen LogP contribution in [0.2, 0.25) is 0 Å². The van der Waals surface area contributed by atoms with Crippen LogP contribution >= 0.6 is 0 Å². The predicted octanol–water partition coefficient (Wildman–Crippen LogP) is 30.2. The molecular formula is C104H98N8O8. The van der Waals surface area contributed by atoms with Crippen molar-refractivity contribution in [2.24, 2.45) is 0 Å². The van der Waals surface area contributed by atoms with E-state index in [0.29, 0.717) is 229 Å². The summed E-state index contributed by atoms with van der Waals surface area (Å²) in [4.78, 5) is 41.3. The number of hydrogen-bond donors (Lipinski definition) is 2. The molecule has 16 nitrogen and oxygen atoms in total. The quantitative estimate of drug-likeness (QED) is 0.0583. The Morgan fingerprint density at radius 2 is 0.308 bits per heavy atom. The highest BCUT2D eigenvalue weighted by Gasteiger charge is 2.30. The highest BCUT2D eigenvalue weighted by atomic mass is 16.5. The number of fused-ring (bicyclic) bond motifs is 20. The van der Waals surface area contributed by atoms with Gasteiger partial charge >= 0.3 is 0 Å². The van der Waals surface area contributed by atoms with Crippen molar-refractivity contribution >= 4 is 44.1 Å². The maximum absolute atomic E-state index is 7.04. The van der Waals surface area contributed by atoms with Crippen LogP contribution in [0.5, 0.6) is 92.0 Å². The Bertz CT molecular complexity index is 5710. The summed E-state index contributed by atoms with van der Waals surface area (Å²) < 4.78 is 56.3. The van der Waals surface area contributed by atoms with Crippen molar-refractivity contribution in [2.45, 2.75) is 158 Å². The van der Waals surface area contributed by atoms with Crippen molar-refractivity contribution in [2.75, 3.05) is 0 Å². The van der Waals surface area contributed by atoms with Gasteiger partial charge in [-0.2, -0.15) is 0 Å². The van der Waals surface area contributed by atoms with Crippen LogP contribution in [0.3, 0.4) is 0 Å². The fourth-order valence-electron chi connectivity index (χ4n) is 14.8. The average Bonchev–Trinajstić information content (AvgIpc) is 1.59. The van der Waals surface area contributed by atoms with E-state index in [-0.39, 0.29) is 0 Å². The Morgan fingerprint density at radius 3 is 0.442 bits per heavy atom. The van der Waals surface area contributed by atoms with E-state index in [1.165, 1.54) is 44.5 Å². The zero-order chi connectivity index (χ0) is 83.3. The lowest BCUT2D eigenvalue weighted by Gasteiger charge is -2.16. The Balaban J connectivity index is 0.979. The summed E-state index contributed by atoms with van der Waals surface area (Å²) in [5.74, 6) is 11.6. The van der Waals surface area contributed by atoms with E-state index in [1.807, 2.05) is 146 Å². The molecule has 0 saturated carbocycles. The van der Waals surface area contributed by atoms with E-state index in [4.69, 9.17) is 67.8 Å². The first-order chi connectivity index (χ1) is 57.9. The molecule has 0 atom stereocenters. The lowest BCUT2D eigenvalue weighted by Crippen LogP contribution is -1.94. The van der Waals surface area contributed by atoms with Gasteiger partial charge in [0.15, 0.2) is 69.3 Å². The molecule has 120 heavy (non-hydrogen) atoms. The van der Waals surface area contributed by atoms with Crippen LogP contribution < -0.4 is 37.9 Å². The Hall–Kier alpha value is -13.6. The second-order valence-electron chi connectivity index (χ2n) is 33.6. The van der Waals surface area contributed by atoms with Crippen LogP contribution in [0.1, 0.15) is 203 Å². The Morgan fingerprint density at radius 1 is 0.175 bits per heavy atom. The van der Waals surface area contributed by atoms with Crippen LogP contribution in [0.4, 0.5) is 0 Å². The molecule has 5 heterocycles. The smallest absolute Gasteiger partial charge is 0.170 e. The lowest BCUT2D eigenvalue weighted by atomic mass is 10.0. The Kier molecular flexibility index (Phi) is 21.7. The van der Waals surface area contributed by atoms with E-state index < -0.39 is 0 Å². The van der Waals surface area contributed by atoms with Gasteiger partial charge in [0, 0.05) is 43.8 Å². The van der Waals surface area contributed by atoms with Gasteiger partial charge in [0.25, 0.3) is 0 Å². The molecule has 3 aromatic heterocycles. The summed E-state index contributed by atoms with van der Waals surface area (Å²) in [7, 11) is 0. The van der Waals surface area contributed by atoms with Gasteiger partial charge in [-0.1, -0.05) is 208 Å². The normalized spacial score (nSPS) is 11.9. The lowest BCUT2D eigenvalue weighted by molar-refractivity contribution is 0.419. The number of benzene rings is 12. The number of H-pyrrole nitrogens is 2. The van der Waals surface area contributed by atoms with Gasteiger partial charge in [0.05, 0.1) is 0 Å². The molecule has 0 spiro atoms. The molecule has 2 N–H and O–H groups in total. The molecule has 15 aromatic rings. The molecular weight excluding hydrogens is 1490 g/mol. The first-order valence-corrected chi connectivity index (χ1v) is 41.7. The predicted molar refractivity (Wildman–Crippen MR) is 481 cm³/mol. The van der Waals surface area contributed by atoms with E-state index in [0.717, 1.165) is 0 Å². The molecule has 0 saturated heterocycles. The molecule has 12 aromatic carbocycles. The molecule has 0 fully saturated rings. The summed E-state index contributed by atoms with van der Waals surface area (Å²) in [6.07, 6.45) is 0. The maximum atomic E-state index is 7.04. The molecule has 602 valence electrons. The molecule has 0 aliphatic carbocycles. The number of ether oxygens (including phenoxy) is 8. The average molecular weight is 1590 g/mol. The molecule has 0 amide bonds. The van der Waals surface area contributed by atoms with Crippen molar-refractivity contribution in [1.29, 1.82) is 0 Å². The zero-order valence-electron chi connectivity index (χ0n) is 70.7. The van der Waals surface area contributed by atoms with Crippen LogP contribution in [0.15, 0.2) is 243 Å². The third kappa shape index (κ3) is 16.7. The van der Waals surface area contributed by atoms with Crippen molar-refractivity contribution < 1.29 is 37.9 Å². The fourth-order valence-corrected chi connectivity index (χ4v) is 14.8. The third-order valence-corrected chi connectivity index (χ3v) is 22.3. The van der Waals surface area contributed by atoms with Gasteiger partial charge in [-0.25, -0.2) is 29.9 Å². The second kappa shape index (κ2) is 33.1. The van der Waals surface area contributed by atoms with E-state index >= 15 is 0 Å². The molecule has 0 unspecified atom stereocenters. The summed E-state index contributed by atoms with van der Waals surface area (Å²) in [6.45, 7) is 34.8. The van der Waals surface area contributed by atoms with Crippen molar-refractivity contribution in [1.82, 2.24) is 39.9 Å². The van der Waals surface area contributed by atoms with Gasteiger partial charge in [-0.15, -0.1) is 0 Å². The number of nitrogens with zero attached hydrogens (tertiary/aromatic N) is 6. The van der Waals surface area contributed by atoms with Gasteiger partial charge in [-0.3, -0.25) is 0 Å². The molecule has 16 heteroatoms. The van der Waals surface area contributed by atoms with Crippen LogP contribution in [0, 0.1) is 0 Å². The molecule has 2 aliphatic rings. The molecule has 0 radical (unpaired) electrons. The molecule has 2 aliphatic heterocycles. The first kappa shape index (κ1) is 78.9. The van der Waals surface area contributed by atoms with Crippen molar-refractivity contribution in [3.8, 4) is 138 Å². The van der Waals surface area contributed by atoms with Gasteiger partial charge < -0.3 is 47.9 Å². The summed E-state index contributed by atoms with van der Waals surface area (Å²) in [6, 6.07) is 80.7. The maximum Gasteiger partial charge on any atom is 0.170 e. The summed E-state index contributed by atoms with van der Waals surface area (Å²) in [5.41, 5.74) is 13.2. The van der Waals surface area contributed by atoms with Gasteiger partial charge in [0.2, 0.25) is 0 Å². The van der Waals surface area contributed by atoms with Crippen LogP contribution in [-0.2, 0) is 0 Å². The third-order valence-electron chi connectivity index (χ3n) is 22.3. The Labute approximate surface area is 700 Å². The molecule has 8 bridgehead atoms. The fraction of sp³-hybridized carbons (Fsp3) is 0.231. The highest BCUT2D eigenvalue weighted by molar-refractivity contribution is 6.08. The van der Waals surface area contributed by atoms with E-state index in [2.05, 4.69) is 218 Å². The number of hydrogen-bond acceptors (Lipinski definition) is 14. The van der Waals surface area contributed by atoms with E-state index in [9.17, 15) is 0 Å². The summed E-state index contributed by atoms with van der Waals surface area (Å²) >= 11 is 0. The van der Waals surface area contributed by atoms with E-state index in [1.54, 1.807) is 0 Å². The highest BCUT2D eigenvalue weighted by Crippen LogP contribution is 2.51. The van der Waals surface area contributed by atoms with Gasteiger partial charge in [-0.05, 0) is 237 Å². The number of rotatable bonds is 24. The van der Waals surface area contributed by atoms with Gasteiger partial charge in [0.1, 0.15) is 68.6 Å². The van der Waals surface area contributed by atoms with Crippen molar-refractivity contribution in [3.63, 3.8) is 0 Å². The van der Waals surface area contributed by atoms with Crippen LogP contribution in [0.25, 0.3) is 89.7 Å². The number of aromatic amines is 2. The van der Waals surface area contributed by atoms with Crippen LogP contribution in [-0.4, -0.2) is 39.9 Å². The standard InChI is InChI=1S/C104H98N8O8/c1-57(2)65-17-33-73(34-18-65)113-89-49-81-82(50-90(89)114-74-35-19-66(20-36-74)58(3)4)98-105-97(81)109-99-83-51-91(115-75-37-21-67(22-38-75)59(5)6)92(116-76-39-23-68(24-40-76)60(7)8)52-84(83)101(106-99)111-103-87-55-95(119-79-45-29-71(30-46-79)63(13)14)96(120-80-47-31-72(32-48-80)64(15)16)56-88(87)104(108-103)112-102-86-54-94(118-78-43-27-70(28-44-78)62(11)12)93(53-85(86)100(107-102)110-98)117-77-41-25-69(26-42-77)61(9)10/h17-64H,1-16H3,(H2,105,106,107,108,109,110,111,112). The summed E-state index contributed by atoms with van der Waals surface area (Å²) in [5, 5.41) is 2.46. The minimum absolute atomic E-state index is 0.290. The first-order valence-electron chi connectivity index (χ1n) is 41.7. The van der Waals surface area contributed by atoms with Crippen molar-refractivity contribution in [3.05, 3.63) is 287 Å². The largest absolute Gasteiger partial charge is 0.453 e. The minimum Gasteiger partial charge on any atom is -0.453 e. The second-order valence-corrected chi connectivity index (χ2v) is 33.6. The topological polar surface area (TPSA) is 183 Å². The number of aromatic nitrogens is 8. The SMILES string of the molecule is CC(C)c1ccc(Oc2cc3c(cc2Oc2ccc(C(C)C)cc2)-c2nc-3nc3[nH]c(nc4nc(nc5[nH]c(n2)c2cc(Oc6ccc(C(C)C)cc6)c(Oc6ccc(C(C)C)cc6)cc52)-c2cc(Oc5ccc(C(C)C)cc5)c(Oc5ccc(C(C)C)cc5)cc2-4)c2cc(Oc4ccc(C(C)C)cc4)c(Oc4ccc(C(C)C)cc4)cc32)cc1. The minimum atomic E-state index is 0.290. The number of nitrogens with one attached hydrogen (secondary N) is 2. The zero-order valence-corrected chi connectivity index (χ0v) is 70.7. The monoisotopic (exact) mass is 1590 g/mol.